The van der Waals surface area contributed by atoms with E-state index in [2.05, 4.69) is 53.3 Å². The van der Waals surface area contributed by atoms with Crippen molar-refractivity contribution in [1.82, 2.24) is 19.8 Å². The Morgan fingerprint density at radius 2 is 1.91 bits per heavy atom. The van der Waals surface area contributed by atoms with Crippen molar-refractivity contribution in [3.8, 4) is 0 Å². The number of hydrogen-bond donors (Lipinski definition) is 2. The molecule has 1 unspecified atom stereocenters. The number of fused-ring (bicyclic) bond motifs is 1. The van der Waals surface area contributed by atoms with Crippen molar-refractivity contribution in [2.45, 2.75) is 65.3 Å². The van der Waals surface area contributed by atoms with E-state index >= 15 is 0 Å². The van der Waals surface area contributed by atoms with Crippen molar-refractivity contribution in [1.29, 1.82) is 0 Å². The van der Waals surface area contributed by atoms with E-state index < -0.39 is 0 Å². The molecule has 4 rings (SSSR count). The fourth-order valence-corrected chi connectivity index (χ4v) is 4.84. The second-order valence-electron chi connectivity index (χ2n) is 9.63. The lowest BCUT2D eigenvalue weighted by atomic mass is 10.0. The molecule has 6 nitrogen and oxygen atoms in total. The predicted octanol–water partition coefficient (Wildman–Crippen LogP) is 3.90. The molecule has 2 N–H and O–H groups in total. The summed E-state index contributed by atoms with van der Waals surface area (Å²) in [6, 6.07) is 17.0. The van der Waals surface area contributed by atoms with Gasteiger partial charge in [0.05, 0.1) is 11.0 Å². The number of carbonyl (C=O) groups is 1. The van der Waals surface area contributed by atoms with Crippen LogP contribution in [0, 0.1) is 5.92 Å². The minimum atomic E-state index is -0.133. The smallest absolute Gasteiger partial charge is 0.222 e. The Morgan fingerprint density at radius 3 is 2.67 bits per heavy atom. The monoisotopic (exact) mass is 448 g/mol. The molecule has 1 aromatic heterocycles. The molecule has 0 saturated carbocycles. The first-order valence-corrected chi connectivity index (χ1v) is 12.2. The topological polar surface area (TPSA) is 70.4 Å². The van der Waals surface area contributed by atoms with Gasteiger partial charge in [0, 0.05) is 32.1 Å². The molecule has 2 aromatic carbocycles. The van der Waals surface area contributed by atoms with Gasteiger partial charge in [-0.3, -0.25) is 9.69 Å². The van der Waals surface area contributed by atoms with Crippen molar-refractivity contribution in [2.24, 2.45) is 5.92 Å². The number of hydrogen-bond acceptors (Lipinski definition) is 4. The maximum atomic E-state index is 12.7. The zero-order valence-corrected chi connectivity index (χ0v) is 19.8. The first-order valence-electron chi connectivity index (χ1n) is 12.2. The number of amides is 1. The minimum absolute atomic E-state index is 0.0570. The van der Waals surface area contributed by atoms with Crippen LogP contribution in [-0.2, 0) is 30.9 Å². The van der Waals surface area contributed by atoms with Crippen molar-refractivity contribution in [3.05, 3.63) is 65.5 Å². The number of nitrogens with zero attached hydrogens (tertiary/aromatic N) is 3. The Kier molecular flexibility index (Phi) is 7.78. The van der Waals surface area contributed by atoms with Crippen LogP contribution in [0.2, 0.25) is 0 Å². The number of rotatable bonds is 9. The lowest BCUT2D eigenvalue weighted by molar-refractivity contribution is -0.122. The fraction of sp³-hybridized carbons (Fsp3) is 0.481. The molecule has 0 spiro atoms. The van der Waals surface area contributed by atoms with E-state index in [1.807, 2.05) is 28.8 Å². The fourth-order valence-electron chi connectivity index (χ4n) is 4.84. The lowest BCUT2D eigenvalue weighted by Gasteiger charge is -2.33. The van der Waals surface area contributed by atoms with Crippen LogP contribution in [0.4, 0.5) is 0 Å². The zero-order valence-electron chi connectivity index (χ0n) is 19.8. The predicted molar refractivity (Wildman–Crippen MR) is 132 cm³/mol. The molecule has 1 aliphatic heterocycles. The summed E-state index contributed by atoms with van der Waals surface area (Å²) in [5, 5.41) is 12.9. The normalized spacial score (nSPS) is 17.0. The number of para-hydroxylation sites is 2. The SMILES string of the molecule is CC(C)Cc1ccc(CN2CCCC(NC(=O)CCn3c(CO)nc4ccccc43)C2)cc1. The van der Waals surface area contributed by atoms with Gasteiger partial charge in [0.15, 0.2) is 0 Å². The molecule has 33 heavy (non-hydrogen) atoms. The van der Waals surface area contributed by atoms with Gasteiger partial charge in [0.1, 0.15) is 12.4 Å². The number of imidazole rings is 1. The molecule has 6 heteroatoms. The first-order chi connectivity index (χ1) is 16.0. The van der Waals surface area contributed by atoms with Crippen molar-refractivity contribution in [2.75, 3.05) is 13.1 Å². The first kappa shape index (κ1) is 23.5. The van der Waals surface area contributed by atoms with Crippen LogP contribution in [0.3, 0.4) is 0 Å². The van der Waals surface area contributed by atoms with Crippen LogP contribution in [0.5, 0.6) is 0 Å². The summed E-state index contributed by atoms with van der Waals surface area (Å²) < 4.78 is 1.95. The maximum Gasteiger partial charge on any atom is 0.222 e. The quantitative estimate of drug-likeness (QED) is 0.521. The van der Waals surface area contributed by atoms with Gasteiger partial charge in [-0.2, -0.15) is 0 Å². The third-order valence-corrected chi connectivity index (χ3v) is 6.38. The maximum absolute atomic E-state index is 12.7. The molecule has 0 aliphatic carbocycles. The molecule has 0 bridgehead atoms. The number of likely N-dealkylation sites (tertiary alicyclic amines) is 1. The number of aromatic nitrogens is 2. The van der Waals surface area contributed by atoms with E-state index in [4.69, 9.17) is 0 Å². The van der Waals surface area contributed by atoms with Gasteiger partial charge in [-0.1, -0.05) is 50.2 Å². The van der Waals surface area contributed by atoms with Gasteiger partial charge >= 0.3 is 0 Å². The van der Waals surface area contributed by atoms with Gasteiger partial charge in [0.25, 0.3) is 0 Å². The molecule has 1 fully saturated rings. The molecule has 1 saturated heterocycles. The molecule has 3 aromatic rings. The Bertz CT molecular complexity index is 1060. The molecule has 1 atom stereocenters. The Morgan fingerprint density at radius 1 is 1.15 bits per heavy atom. The van der Waals surface area contributed by atoms with E-state index in [-0.39, 0.29) is 18.6 Å². The highest BCUT2D eigenvalue weighted by molar-refractivity contribution is 5.78. The molecule has 1 amide bonds. The highest BCUT2D eigenvalue weighted by atomic mass is 16.3. The number of aryl methyl sites for hydroxylation is 1. The number of nitrogens with one attached hydrogen (secondary N) is 1. The van der Waals surface area contributed by atoms with Gasteiger partial charge < -0.3 is 15.0 Å². The van der Waals surface area contributed by atoms with E-state index in [0.717, 1.165) is 49.9 Å². The van der Waals surface area contributed by atoms with Gasteiger partial charge in [-0.15, -0.1) is 0 Å². The average molecular weight is 449 g/mol. The lowest BCUT2D eigenvalue weighted by Crippen LogP contribution is -2.47. The summed E-state index contributed by atoms with van der Waals surface area (Å²) in [5.41, 5.74) is 4.53. The van der Waals surface area contributed by atoms with Gasteiger partial charge in [-0.25, -0.2) is 4.98 Å². The van der Waals surface area contributed by atoms with E-state index in [1.54, 1.807) is 0 Å². The number of benzene rings is 2. The molecular weight excluding hydrogens is 412 g/mol. The largest absolute Gasteiger partial charge is 0.388 e. The Labute approximate surface area is 196 Å². The number of carbonyl (C=O) groups excluding carboxylic acids is 1. The summed E-state index contributed by atoms with van der Waals surface area (Å²) >= 11 is 0. The highest BCUT2D eigenvalue weighted by Crippen LogP contribution is 2.18. The average Bonchev–Trinajstić information content (AvgIpc) is 3.17. The van der Waals surface area contributed by atoms with Crippen LogP contribution < -0.4 is 5.32 Å². The van der Waals surface area contributed by atoms with E-state index in [0.29, 0.717) is 24.7 Å². The van der Waals surface area contributed by atoms with Crippen LogP contribution in [0.25, 0.3) is 11.0 Å². The zero-order chi connectivity index (χ0) is 23.2. The van der Waals surface area contributed by atoms with Crippen LogP contribution in [-0.4, -0.2) is 44.6 Å². The molecule has 0 radical (unpaired) electrons. The molecule has 2 heterocycles. The van der Waals surface area contributed by atoms with Crippen molar-refractivity contribution in [3.63, 3.8) is 0 Å². The minimum Gasteiger partial charge on any atom is -0.388 e. The summed E-state index contributed by atoms with van der Waals surface area (Å²) in [7, 11) is 0. The van der Waals surface area contributed by atoms with Gasteiger partial charge in [-0.05, 0) is 55.0 Å². The van der Waals surface area contributed by atoms with Crippen molar-refractivity contribution >= 4 is 16.9 Å². The van der Waals surface area contributed by atoms with Crippen molar-refractivity contribution < 1.29 is 9.90 Å². The molecular formula is C27H36N4O2. The number of piperidine rings is 1. The number of aliphatic hydroxyl groups excluding tert-OH is 1. The second kappa shape index (κ2) is 10.9. The van der Waals surface area contributed by atoms with Crippen LogP contribution >= 0.6 is 0 Å². The molecule has 1 aliphatic rings. The van der Waals surface area contributed by atoms with Crippen LogP contribution in [0.1, 0.15) is 50.1 Å². The third-order valence-electron chi connectivity index (χ3n) is 6.38. The summed E-state index contributed by atoms with van der Waals surface area (Å²) in [5.74, 6) is 1.33. The Hall–Kier alpha value is -2.70. The summed E-state index contributed by atoms with van der Waals surface area (Å²) in [6.45, 7) is 7.76. The third kappa shape index (κ3) is 6.21. The van der Waals surface area contributed by atoms with E-state index in [1.165, 1.54) is 11.1 Å². The summed E-state index contributed by atoms with van der Waals surface area (Å²) in [6.07, 6.45) is 3.61. The van der Waals surface area contributed by atoms with Gasteiger partial charge in [0.2, 0.25) is 5.91 Å². The standard InChI is InChI=1S/C27H36N4O2/c1-20(2)16-21-9-11-22(12-10-21)17-30-14-5-6-23(18-30)28-27(33)13-15-31-25-8-4-3-7-24(25)29-26(31)19-32/h3-4,7-12,20,23,32H,5-6,13-19H2,1-2H3,(H,28,33). The highest BCUT2D eigenvalue weighted by Gasteiger charge is 2.22. The van der Waals surface area contributed by atoms with E-state index in [9.17, 15) is 9.90 Å². The number of aliphatic hydroxyl groups is 1. The Balaban J connectivity index is 1.28. The van der Waals surface area contributed by atoms with Crippen LogP contribution in [0.15, 0.2) is 48.5 Å². The second-order valence-corrected chi connectivity index (χ2v) is 9.63. The molecule has 176 valence electrons. The summed E-state index contributed by atoms with van der Waals surface area (Å²) in [4.78, 5) is 19.6.